The van der Waals surface area contributed by atoms with Gasteiger partial charge in [0.05, 0.1) is 13.2 Å². The fourth-order valence-corrected chi connectivity index (χ4v) is 8.43. The van der Waals surface area contributed by atoms with Crippen LogP contribution in [-0.4, -0.2) is 49.3 Å². The highest BCUT2D eigenvalue weighted by Crippen LogP contribution is 2.43. The number of hydrogen-bond donors (Lipinski definition) is 2. The second-order valence-electron chi connectivity index (χ2n) is 17.8. The highest BCUT2D eigenvalue weighted by Gasteiger charge is 2.26. The highest BCUT2D eigenvalue weighted by atomic mass is 31.2. The summed E-state index contributed by atoms with van der Waals surface area (Å²) >= 11 is 0. The molecule has 0 aromatic carbocycles. The average Bonchev–Trinajstić information content (AvgIpc) is 3.26. The van der Waals surface area contributed by atoms with E-state index in [0.717, 1.165) is 51.4 Å². The Hall–Kier alpha value is -1.51. The molecule has 0 saturated heterocycles. The van der Waals surface area contributed by atoms with Crippen LogP contribution in [0.2, 0.25) is 0 Å². The molecule has 62 heavy (non-hydrogen) atoms. The van der Waals surface area contributed by atoms with Crippen molar-refractivity contribution in [2.24, 2.45) is 5.73 Å². The number of allylic oxidation sites excluding steroid dienone is 4. The van der Waals surface area contributed by atoms with Crippen molar-refractivity contribution >= 4 is 19.8 Å². The van der Waals surface area contributed by atoms with E-state index in [1.807, 2.05) is 0 Å². The number of carbonyl (C=O) groups is 2. The largest absolute Gasteiger partial charge is 0.472 e. The summed E-state index contributed by atoms with van der Waals surface area (Å²) in [6, 6.07) is 0. The van der Waals surface area contributed by atoms with Crippen molar-refractivity contribution in [2.75, 3.05) is 26.4 Å². The van der Waals surface area contributed by atoms with E-state index in [9.17, 15) is 19.0 Å². The standard InChI is InChI=1S/C52H100NO8P/c1-3-5-7-9-11-13-15-17-19-21-23-24-25-27-28-30-32-34-36-38-40-42-44-51(54)58-48-50(49-60-62(56,57)59-47-46-53)61-52(55)45-43-41-39-37-35-33-31-29-26-22-20-18-16-14-12-10-8-6-4-2/h12,14,18,20,50H,3-11,13,15-17,19,21-49,53H2,1-2H3,(H,56,57)/b14-12-,20-18-. The van der Waals surface area contributed by atoms with Gasteiger partial charge in [0.1, 0.15) is 6.61 Å². The Morgan fingerprint density at radius 3 is 1.26 bits per heavy atom. The molecule has 0 fully saturated rings. The summed E-state index contributed by atoms with van der Waals surface area (Å²) in [5.74, 6) is -0.819. The highest BCUT2D eigenvalue weighted by molar-refractivity contribution is 7.47. The molecule has 2 unspecified atom stereocenters. The van der Waals surface area contributed by atoms with Gasteiger partial charge in [-0.2, -0.15) is 0 Å². The van der Waals surface area contributed by atoms with Crippen molar-refractivity contribution in [3.63, 3.8) is 0 Å². The molecular formula is C52H100NO8P. The summed E-state index contributed by atoms with van der Waals surface area (Å²) < 4.78 is 33.0. The van der Waals surface area contributed by atoms with E-state index < -0.39 is 26.5 Å². The van der Waals surface area contributed by atoms with Crippen molar-refractivity contribution in [3.8, 4) is 0 Å². The molecule has 0 heterocycles. The Bertz CT molecular complexity index is 1070. The van der Waals surface area contributed by atoms with E-state index in [2.05, 4.69) is 38.2 Å². The van der Waals surface area contributed by atoms with Crippen LogP contribution in [-0.2, 0) is 32.7 Å². The van der Waals surface area contributed by atoms with Crippen LogP contribution in [0, 0.1) is 0 Å². The van der Waals surface area contributed by atoms with Gasteiger partial charge in [-0.25, -0.2) is 4.57 Å². The molecule has 0 saturated carbocycles. The minimum Gasteiger partial charge on any atom is -0.462 e. The summed E-state index contributed by atoms with van der Waals surface area (Å²) in [6.45, 7) is 3.76. The fraction of sp³-hybridized carbons (Fsp3) is 0.885. The third-order valence-corrected chi connectivity index (χ3v) is 12.6. The van der Waals surface area contributed by atoms with Crippen molar-refractivity contribution < 1.29 is 37.6 Å². The SMILES string of the molecule is CCCCC/C=C\C/C=C\CCCCCCCCCCCC(=O)OC(COC(=O)CCCCCCCCCCCCCCCCCCCCCCCC)COP(=O)(O)OCCN. The molecule has 0 aromatic rings. The molecule has 0 aliphatic rings. The second kappa shape index (κ2) is 48.9. The minimum atomic E-state index is -4.38. The number of phosphoric acid groups is 1. The van der Waals surface area contributed by atoms with Crippen molar-refractivity contribution in [1.82, 2.24) is 0 Å². The maximum atomic E-state index is 12.7. The van der Waals surface area contributed by atoms with Gasteiger partial charge in [0.15, 0.2) is 6.10 Å². The van der Waals surface area contributed by atoms with Gasteiger partial charge < -0.3 is 20.1 Å². The number of nitrogens with two attached hydrogens (primary N) is 1. The van der Waals surface area contributed by atoms with E-state index in [1.165, 1.54) is 180 Å². The van der Waals surface area contributed by atoms with Crippen LogP contribution in [0.4, 0.5) is 0 Å². The number of ether oxygens (including phenoxy) is 2. The predicted octanol–water partition coefficient (Wildman–Crippen LogP) is 15.9. The van der Waals surface area contributed by atoms with Gasteiger partial charge in [0.2, 0.25) is 0 Å². The Labute approximate surface area is 382 Å². The molecule has 0 amide bonds. The first-order valence-electron chi connectivity index (χ1n) is 26.3. The number of hydrogen-bond acceptors (Lipinski definition) is 8. The fourth-order valence-electron chi connectivity index (χ4n) is 7.67. The Balaban J connectivity index is 3.99. The van der Waals surface area contributed by atoms with Gasteiger partial charge in [-0.15, -0.1) is 0 Å². The molecule has 9 nitrogen and oxygen atoms in total. The predicted molar refractivity (Wildman–Crippen MR) is 261 cm³/mol. The topological polar surface area (TPSA) is 134 Å². The van der Waals surface area contributed by atoms with Crippen LogP contribution in [0.3, 0.4) is 0 Å². The number of carbonyl (C=O) groups excluding carboxylic acids is 2. The monoisotopic (exact) mass is 898 g/mol. The van der Waals surface area contributed by atoms with Crippen molar-refractivity contribution in [2.45, 2.75) is 270 Å². The molecule has 0 aliphatic heterocycles. The lowest BCUT2D eigenvalue weighted by molar-refractivity contribution is -0.161. The molecule has 3 N–H and O–H groups in total. The lowest BCUT2D eigenvalue weighted by Crippen LogP contribution is -2.29. The second-order valence-corrected chi connectivity index (χ2v) is 19.2. The summed E-state index contributed by atoms with van der Waals surface area (Å²) in [4.78, 5) is 35.1. The van der Waals surface area contributed by atoms with Crippen molar-refractivity contribution in [3.05, 3.63) is 24.3 Å². The van der Waals surface area contributed by atoms with Gasteiger partial charge in [0.25, 0.3) is 0 Å². The zero-order valence-corrected chi connectivity index (χ0v) is 41.5. The maximum absolute atomic E-state index is 12.7. The zero-order valence-electron chi connectivity index (χ0n) is 40.6. The van der Waals surface area contributed by atoms with Gasteiger partial charge in [-0.1, -0.05) is 231 Å². The number of rotatable bonds is 50. The Morgan fingerprint density at radius 2 is 0.839 bits per heavy atom. The van der Waals surface area contributed by atoms with Crippen LogP contribution >= 0.6 is 7.82 Å². The molecule has 0 spiro atoms. The molecule has 0 rings (SSSR count). The summed E-state index contributed by atoms with van der Waals surface area (Å²) in [7, 11) is -4.38. The summed E-state index contributed by atoms with van der Waals surface area (Å²) in [5.41, 5.74) is 5.37. The molecule has 2 atom stereocenters. The Morgan fingerprint density at radius 1 is 0.484 bits per heavy atom. The zero-order chi connectivity index (χ0) is 45.3. The van der Waals surface area contributed by atoms with E-state index in [4.69, 9.17) is 24.3 Å². The summed E-state index contributed by atoms with van der Waals surface area (Å²) in [6.07, 6.45) is 55.0. The van der Waals surface area contributed by atoms with Gasteiger partial charge >= 0.3 is 19.8 Å². The first kappa shape index (κ1) is 60.5. The lowest BCUT2D eigenvalue weighted by Gasteiger charge is -2.19. The minimum absolute atomic E-state index is 0.0546. The van der Waals surface area contributed by atoms with Crippen LogP contribution in [0.25, 0.3) is 0 Å². The first-order chi connectivity index (χ1) is 30.3. The third-order valence-electron chi connectivity index (χ3n) is 11.6. The van der Waals surface area contributed by atoms with Gasteiger partial charge in [-0.05, 0) is 44.9 Å². The Kier molecular flexibility index (Phi) is 47.7. The number of unbranched alkanes of at least 4 members (excludes halogenated alkanes) is 33. The number of phosphoric ester groups is 1. The number of esters is 2. The normalized spacial score (nSPS) is 13.3. The molecule has 366 valence electrons. The molecule has 0 bridgehead atoms. The van der Waals surface area contributed by atoms with Crippen LogP contribution in [0.5, 0.6) is 0 Å². The molecular weight excluding hydrogens is 798 g/mol. The first-order valence-corrected chi connectivity index (χ1v) is 27.8. The molecule has 10 heteroatoms. The van der Waals surface area contributed by atoms with Gasteiger partial charge in [-0.3, -0.25) is 18.6 Å². The summed E-state index contributed by atoms with van der Waals surface area (Å²) in [5, 5.41) is 0. The smallest absolute Gasteiger partial charge is 0.462 e. The van der Waals surface area contributed by atoms with Crippen LogP contribution < -0.4 is 5.73 Å². The van der Waals surface area contributed by atoms with Crippen LogP contribution in [0.15, 0.2) is 24.3 Å². The molecule has 0 aromatic heterocycles. The van der Waals surface area contributed by atoms with E-state index >= 15 is 0 Å². The quantitative estimate of drug-likeness (QED) is 0.0265. The van der Waals surface area contributed by atoms with E-state index in [-0.39, 0.29) is 38.6 Å². The molecule has 0 radical (unpaired) electrons. The van der Waals surface area contributed by atoms with Gasteiger partial charge in [0, 0.05) is 19.4 Å². The maximum Gasteiger partial charge on any atom is 0.472 e. The third kappa shape index (κ3) is 48.0. The van der Waals surface area contributed by atoms with E-state index in [1.54, 1.807) is 0 Å². The molecule has 0 aliphatic carbocycles. The van der Waals surface area contributed by atoms with Crippen LogP contribution in [0.1, 0.15) is 264 Å². The van der Waals surface area contributed by atoms with Crippen molar-refractivity contribution in [1.29, 1.82) is 0 Å². The lowest BCUT2D eigenvalue weighted by atomic mass is 10.0. The average molecular weight is 898 g/mol. The van der Waals surface area contributed by atoms with E-state index in [0.29, 0.717) is 6.42 Å².